The highest BCUT2D eigenvalue weighted by Gasteiger charge is 2.32. The Kier molecular flexibility index (Phi) is 2.64. The summed E-state index contributed by atoms with van der Waals surface area (Å²) in [5.74, 6) is -0.882. The van der Waals surface area contributed by atoms with Crippen molar-refractivity contribution in [1.29, 1.82) is 0 Å². The maximum atomic E-state index is 13.2. The number of amides is 1. The average molecular weight is 279 g/mol. The summed E-state index contributed by atoms with van der Waals surface area (Å²) in [5.41, 5.74) is 0.215. The summed E-state index contributed by atoms with van der Waals surface area (Å²) in [5, 5.41) is 2.81. The second-order valence-corrected chi connectivity index (χ2v) is 4.58. The molecule has 2 aromatic rings. The third-order valence-electron chi connectivity index (χ3n) is 2.98. The van der Waals surface area contributed by atoms with Crippen molar-refractivity contribution in [1.82, 2.24) is 9.88 Å². The lowest BCUT2D eigenvalue weighted by Crippen LogP contribution is -2.28. The number of hydrogen-bond acceptors (Lipinski definition) is 2. The van der Waals surface area contributed by atoms with Crippen molar-refractivity contribution in [2.45, 2.75) is 6.17 Å². The largest absolute Gasteiger partial charge is 0.326 e. The number of nitrogens with one attached hydrogen (secondary N) is 1. The number of hydrogen-bond donors (Lipinski definition) is 1. The normalized spacial score (nSPS) is 17.2. The Bertz CT molecular complexity index is 742. The molecule has 0 fully saturated rings. The number of fused-ring (bicyclic) bond motifs is 1. The van der Waals surface area contributed by atoms with E-state index in [1.807, 2.05) is 0 Å². The van der Waals surface area contributed by atoms with E-state index in [4.69, 9.17) is 11.6 Å². The molecule has 0 saturated carbocycles. The summed E-state index contributed by atoms with van der Waals surface area (Å²) in [6, 6.07) is 8.37. The lowest BCUT2D eigenvalue weighted by atomic mass is 10.1. The van der Waals surface area contributed by atoms with Gasteiger partial charge in [0.05, 0.1) is 5.02 Å². The van der Waals surface area contributed by atoms with Crippen LogP contribution >= 0.6 is 11.6 Å². The summed E-state index contributed by atoms with van der Waals surface area (Å²) >= 11 is 5.93. The number of benzene rings is 1. The van der Waals surface area contributed by atoms with Gasteiger partial charge in [-0.25, -0.2) is 4.39 Å². The van der Waals surface area contributed by atoms with Crippen molar-refractivity contribution in [3.05, 3.63) is 68.8 Å². The number of pyridine rings is 1. The first-order valence-corrected chi connectivity index (χ1v) is 5.93. The molecule has 19 heavy (non-hydrogen) atoms. The van der Waals surface area contributed by atoms with Crippen LogP contribution in [-0.4, -0.2) is 10.5 Å². The van der Waals surface area contributed by atoms with Crippen LogP contribution in [0.2, 0.25) is 5.02 Å². The maximum absolute atomic E-state index is 13.2. The van der Waals surface area contributed by atoms with Crippen LogP contribution in [-0.2, 0) is 0 Å². The van der Waals surface area contributed by atoms with Crippen molar-refractivity contribution >= 4 is 17.5 Å². The van der Waals surface area contributed by atoms with E-state index in [9.17, 15) is 14.0 Å². The van der Waals surface area contributed by atoms with Crippen LogP contribution in [0.5, 0.6) is 0 Å². The smallest absolute Gasteiger partial charge is 0.271 e. The number of carbonyl (C=O) groups excluding carboxylic acids is 1. The van der Waals surface area contributed by atoms with Gasteiger partial charge in [0.2, 0.25) is 0 Å². The molecular formula is C13H8ClFN2O2. The Hall–Kier alpha value is -2.14. The Morgan fingerprint density at radius 3 is 2.74 bits per heavy atom. The maximum Gasteiger partial charge on any atom is 0.271 e. The molecule has 0 radical (unpaired) electrons. The van der Waals surface area contributed by atoms with E-state index in [1.54, 1.807) is 6.07 Å². The number of nitrogens with zero attached hydrogens (tertiary/aromatic N) is 1. The minimum atomic E-state index is -0.732. The van der Waals surface area contributed by atoms with Crippen molar-refractivity contribution in [2.75, 3.05) is 0 Å². The standard InChI is InChI=1S/C13H8ClFN2O2/c14-9-4-5-10(18)17-11(9)13(19)16-12(17)7-2-1-3-8(15)6-7/h1-6,12H,(H,16,19). The fourth-order valence-corrected chi connectivity index (χ4v) is 2.41. The molecule has 1 N–H and O–H groups in total. The van der Waals surface area contributed by atoms with Crippen molar-refractivity contribution < 1.29 is 9.18 Å². The Morgan fingerprint density at radius 2 is 2.00 bits per heavy atom. The van der Waals surface area contributed by atoms with Gasteiger partial charge in [0.25, 0.3) is 11.5 Å². The van der Waals surface area contributed by atoms with Gasteiger partial charge in [-0.15, -0.1) is 0 Å². The molecule has 1 aromatic carbocycles. The van der Waals surface area contributed by atoms with Gasteiger partial charge in [-0.2, -0.15) is 0 Å². The lowest BCUT2D eigenvalue weighted by Gasteiger charge is -2.14. The highest BCUT2D eigenvalue weighted by atomic mass is 35.5. The van der Waals surface area contributed by atoms with Crippen LogP contribution in [0.1, 0.15) is 22.2 Å². The molecule has 3 rings (SSSR count). The molecule has 1 aliphatic rings. The van der Waals surface area contributed by atoms with Crippen LogP contribution in [0.15, 0.2) is 41.2 Å². The van der Waals surface area contributed by atoms with Crippen LogP contribution in [0.25, 0.3) is 0 Å². The van der Waals surface area contributed by atoms with Gasteiger partial charge in [0.1, 0.15) is 17.7 Å². The van der Waals surface area contributed by atoms with E-state index in [0.29, 0.717) is 5.56 Å². The molecule has 4 nitrogen and oxygen atoms in total. The molecule has 96 valence electrons. The molecule has 1 amide bonds. The highest BCUT2D eigenvalue weighted by molar-refractivity contribution is 6.33. The lowest BCUT2D eigenvalue weighted by molar-refractivity contribution is 0.0960. The second-order valence-electron chi connectivity index (χ2n) is 4.17. The van der Waals surface area contributed by atoms with Gasteiger partial charge in [-0.3, -0.25) is 14.2 Å². The van der Waals surface area contributed by atoms with Crippen LogP contribution in [0.4, 0.5) is 4.39 Å². The minimum Gasteiger partial charge on any atom is -0.326 e. The van der Waals surface area contributed by atoms with Gasteiger partial charge in [0, 0.05) is 6.07 Å². The van der Waals surface area contributed by atoms with Gasteiger partial charge < -0.3 is 5.32 Å². The van der Waals surface area contributed by atoms with Crippen LogP contribution < -0.4 is 10.9 Å². The Balaban J connectivity index is 2.23. The van der Waals surface area contributed by atoms with E-state index >= 15 is 0 Å². The summed E-state index contributed by atoms with van der Waals surface area (Å²) in [4.78, 5) is 23.8. The molecular weight excluding hydrogens is 271 g/mol. The summed E-state index contributed by atoms with van der Waals surface area (Å²) in [6.45, 7) is 0. The molecule has 0 saturated heterocycles. The monoisotopic (exact) mass is 278 g/mol. The average Bonchev–Trinajstić information content (AvgIpc) is 2.73. The quantitative estimate of drug-likeness (QED) is 0.867. The van der Waals surface area contributed by atoms with E-state index < -0.39 is 17.9 Å². The van der Waals surface area contributed by atoms with Gasteiger partial charge in [-0.1, -0.05) is 23.7 Å². The highest BCUT2D eigenvalue weighted by Crippen LogP contribution is 2.26. The van der Waals surface area contributed by atoms with Crippen molar-refractivity contribution in [3.8, 4) is 0 Å². The molecule has 1 aliphatic heterocycles. The van der Waals surface area contributed by atoms with E-state index in [1.165, 1.54) is 34.9 Å². The minimum absolute atomic E-state index is 0.100. The molecule has 0 bridgehead atoms. The number of rotatable bonds is 1. The zero-order chi connectivity index (χ0) is 13.6. The zero-order valence-corrected chi connectivity index (χ0v) is 10.3. The van der Waals surface area contributed by atoms with E-state index in [2.05, 4.69) is 5.32 Å². The van der Waals surface area contributed by atoms with E-state index in [0.717, 1.165) is 0 Å². The van der Waals surface area contributed by atoms with Gasteiger partial charge in [0.15, 0.2) is 0 Å². The van der Waals surface area contributed by atoms with Gasteiger partial charge >= 0.3 is 0 Å². The molecule has 1 atom stereocenters. The van der Waals surface area contributed by atoms with Gasteiger partial charge in [-0.05, 0) is 23.8 Å². The van der Waals surface area contributed by atoms with Crippen LogP contribution in [0.3, 0.4) is 0 Å². The predicted molar refractivity (Wildman–Crippen MR) is 67.7 cm³/mol. The molecule has 0 spiro atoms. The van der Waals surface area contributed by atoms with Crippen molar-refractivity contribution in [3.63, 3.8) is 0 Å². The number of aromatic nitrogens is 1. The Labute approximate surface area is 112 Å². The van der Waals surface area contributed by atoms with Crippen molar-refractivity contribution in [2.24, 2.45) is 0 Å². The Morgan fingerprint density at radius 1 is 1.21 bits per heavy atom. The second kappa shape index (κ2) is 4.20. The summed E-state index contributed by atoms with van der Waals surface area (Å²) < 4.78 is 14.5. The fourth-order valence-electron chi connectivity index (χ4n) is 2.17. The number of halogens is 2. The fraction of sp³-hybridized carbons (Fsp3) is 0.0769. The number of carbonyl (C=O) groups is 1. The van der Waals surface area contributed by atoms with E-state index in [-0.39, 0.29) is 16.3 Å². The first-order chi connectivity index (χ1) is 9.08. The molecule has 1 aromatic heterocycles. The summed E-state index contributed by atoms with van der Waals surface area (Å²) in [7, 11) is 0. The third-order valence-corrected chi connectivity index (χ3v) is 3.29. The van der Waals surface area contributed by atoms with Crippen LogP contribution in [0, 0.1) is 5.82 Å². The topological polar surface area (TPSA) is 51.1 Å². The SMILES string of the molecule is O=C1NC(c2cccc(F)c2)n2c1c(Cl)ccc2=O. The predicted octanol–water partition coefficient (Wildman–Crippen LogP) is 1.93. The third kappa shape index (κ3) is 1.82. The first-order valence-electron chi connectivity index (χ1n) is 5.55. The summed E-state index contributed by atoms with van der Waals surface area (Å²) in [6.07, 6.45) is -0.732. The zero-order valence-electron chi connectivity index (χ0n) is 9.56. The first kappa shape index (κ1) is 11.9. The molecule has 2 heterocycles. The molecule has 6 heteroatoms. The molecule has 0 aliphatic carbocycles. The molecule has 1 unspecified atom stereocenters.